The smallest absolute Gasteiger partial charge is 0.166 e. The molecule has 0 saturated heterocycles. The van der Waals surface area contributed by atoms with Crippen LogP contribution in [0.4, 0.5) is 13.2 Å². The van der Waals surface area contributed by atoms with Gasteiger partial charge in [0.1, 0.15) is 0 Å². The van der Waals surface area contributed by atoms with Gasteiger partial charge in [-0.3, -0.25) is 0 Å². The highest BCUT2D eigenvalue weighted by atomic mass is 35.5. The molecule has 0 heterocycles. The third-order valence-corrected chi connectivity index (χ3v) is 4.13. The fourth-order valence-corrected chi connectivity index (χ4v) is 2.97. The van der Waals surface area contributed by atoms with E-state index in [1.165, 1.54) is 25.0 Å². The molecule has 1 aliphatic rings. The number of alkyl halides is 4. The molecule has 0 N–H and O–H groups in total. The summed E-state index contributed by atoms with van der Waals surface area (Å²) in [5, 5.41) is 0.0456. The highest BCUT2D eigenvalue weighted by Gasteiger charge is 2.30. The molecule has 1 aromatic carbocycles. The molecule has 100 valence electrons. The van der Waals surface area contributed by atoms with Crippen molar-refractivity contribution in [3.63, 3.8) is 0 Å². The first-order chi connectivity index (χ1) is 8.47. The fraction of sp³-hybridized carbons (Fsp3) is 0.571. The Bertz CT molecular complexity index is 377. The van der Waals surface area contributed by atoms with Crippen LogP contribution < -0.4 is 0 Å². The van der Waals surface area contributed by atoms with Gasteiger partial charge in [-0.05, 0) is 42.9 Å². The molecule has 2 rings (SSSR count). The monoisotopic (exact) mass is 276 g/mol. The van der Waals surface area contributed by atoms with Crippen molar-refractivity contribution in [2.75, 3.05) is 0 Å². The third kappa shape index (κ3) is 3.41. The molecule has 0 amide bonds. The zero-order valence-electron chi connectivity index (χ0n) is 10.0. The van der Waals surface area contributed by atoms with Crippen molar-refractivity contribution in [3.05, 3.63) is 35.4 Å². The number of benzene rings is 1. The summed E-state index contributed by atoms with van der Waals surface area (Å²) in [5.41, 5.74) is 0.285. The molecule has 1 atom stereocenters. The third-order valence-electron chi connectivity index (χ3n) is 3.62. The minimum absolute atomic E-state index is 0.0456. The quantitative estimate of drug-likeness (QED) is 0.678. The summed E-state index contributed by atoms with van der Waals surface area (Å²) < 4.78 is 37.2. The van der Waals surface area contributed by atoms with E-state index in [1.54, 1.807) is 0 Å². The Hall–Kier alpha value is -0.700. The number of hydrogen-bond donors (Lipinski definition) is 0. The van der Waals surface area contributed by atoms with Crippen molar-refractivity contribution < 1.29 is 13.2 Å². The fourth-order valence-electron chi connectivity index (χ4n) is 2.54. The van der Waals surface area contributed by atoms with Crippen molar-refractivity contribution in [2.24, 2.45) is 5.92 Å². The van der Waals surface area contributed by atoms with Crippen molar-refractivity contribution in [1.29, 1.82) is 0 Å². The second kappa shape index (κ2) is 5.52. The van der Waals surface area contributed by atoms with Gasteiger partial charge in [-0.25, -0.2) is 0 Å². The van der Waals surface area contributed by atoms with Crippen LogP contribution in [0.2, 0.25) is 0 Å². The predicted octanol–water partition coefficient (Wildman–Crippen LogP) is 5.05. The second-order valence-corrected chi connectivity index (χ2v) is 5.52. The Balaban J connectivity index is 1.97. The highest BCUT2D eigenvalue weighted by molar-refractivity contribution is 6.20. The molecule has 0 nitrogen and oxygen atoms in total. The maximum atomic E-state index is 12.4. The van der Waals surface area contributed by atoms with Crippen molar-refractivity contribution in [1.82, 2.24) is 0 Å². The highest BCUT2D eigenvalue weighted by Crippen LogP contribution is 2.33. The van der Waals surface area contributed by atoms with Gasteiger partial charge < -0.3 is 0 Å². The lowest BCUT2D eigenvalue weighted by Crippen LogP contribution is -2.14. The van der Waals surface area contributed by atoms with Crippen LogP contribution in [0.25, 0.3) is 0 Å². The molecule has 18 heavy (non-hydrogen) atoms. The van der Waals surface area contributed by atoms with Crippen molar-refractivity contribution in [3.8, 4) is 0 Å². The van der Waals surface area contributed by atoms with Crippen LogP contribution in [0.5, 0.6) is 0 Å². The van der Waals surface area contributed by atoms with Crippen LogP contribution in [0, 0.1) is 5.92 Å². The van der Waals surface area contributed by atoms with E-state index in [4.69, 9.17) is 11.6 Å². The Morgan fingerprint density at radius 1 is 1.11 bits per heavy atom. The van der Waals surface area contributed by atoms with Crippen molar-refractivity contribution >= 4 is 11.6 Å². The normalized spacial score (nSPS) is 19.1. The summed E-state index contributed by atoms with van der Waals surface area (Å²) >= 11 is 6.33. The topological polar surface area (TPSA) is 0 Å². The summed E-state index contributed by atoms with van der Waals surface area (Å²) in [7, 11) is 0. The van der Waals surface area contributed by atoms with Crippen LogP contribution in [-0.4, -0.2) is 5.38 Å². The van der Waals surface area contributed by atoms with Crippen LogP contribution in [0.1, 0.15) is 36.8 Å². The van der Waals surface area contributed by atoms with Crippen LogP contribution in [-0.2, 0) is 12.6 Å². The molecule has 0 aromatic heterocycles. The van der Waals surface area contributed by atoms with E-state index < -0.39 is 11.7 Å². The molecule has 1 saturated carbocycles. The first-order valence-corrected chi connectivity index (χ1v) is 6.70. The largest absolute Gasteiger partial charge is 0.416 e. The number of halogens is 4. The SMILES string of the molecule is FC(F)(F)c1ccc(CC(Cl)C2CCCC2)cc1. The Morgan fingerprint density at radius 2 is 1.67 bits per heavy atom. The van der Waals surface area contributed by atoms with E-state index in [1.807, 2.05) is 0 Å². The maximum Gasteiger partial charge on any atom is 0.416 e. The average molecular weight is 277 g/mol. The zero-order chi connectivity index (χ0) is 13.2. The van der Waals surface area contributed by atoms with Gasteiger partial charge in [0.15, 0.2) is 0 Å². The van der Waals surface area contributed by atoms with E-state index >= 15 is 0 Å². The molecule has 1 fully saturated rings. The molecular weight excluding hydrogens is 261 g/mol. The van der Waals surface area contributed by atoms with Gasteiger partial charge in [0.25, 0.3) is 0 Å². The minimum Gasteiger partial charge on any atom is -0.166 e. The molecular formula is C14H16ClF3. The van der Waals surface area contributed by atoms with Crippen LogP contribution >= 0.6 is 11.6 Å². The summed E-state index contributed by atoms with van der Waals surface area (Å²) in [6, 6.07) is 5.33. The molecule has 1 unspecified atom stereocenters. The Labute approximate surface area is 110 Å². The van der Waals surface area contributed by atoms with E-state index in [0.29, 0.717) is 12.3 Å². The molecule has 0 spiro atoms. The van der Waals surface area contributed by atoms with Crippen LogP contribution in [0.3, 0.4) is 0 Å². The van der Waals surface area contributed by atoms with Gasteiger partial charge >= 0.3 is 6.18 Å². The summed E-state index contributed by atoms with van der Waals surface area (Å²) in [6.45, 7) is 0. The molecule has 0 bridgehead atoms. The molecule has 0 aliphatic heterocycles. The van der Waals surface area contributed by atoms with Gasteiger partial charge in [0.05, 0.1) is 5.56 Å². The van der Waals surface area contributed by atoms with Gasteiger partial charge in [0.2, 0.25) is 0 Å². The lowest BCUT2D eigenvalue weighted by Gasteiger charge is -2.17. The molecule has 1 aromatic rings. The lowest BCUT2D eigenvalue weighted by molar-refractivity contribution is -0.137. The van der Waals surface area contributed by atoms with Gasteiger partial charge in [0, 0.05) is 5.38 Å². The minimum atomic E-state index is -4.26. The Morgan fingerprint density at radius 3 is 2.17 bits per heavy atom. The average Bonchev–Trinajstić information content (AvgIpc) is 2.82. The van der Waals surface area contributed by atoms with E-state index in [9.17, 15) is 13.2 Å². The van der Waals surface area contributed by atoms with E-state index in [0.717, 1.165) is 30.5 Å². The first kappa shape index (κ1) is 13.7. The first-order valence-electron chi connectivity index (χ1n) is 6.27. The van der Waals surface area contributed by atoms with Gasteiger partial charge in [-0.2, -0.15) is 13.2 Å². The van der Waals surface area contributed by atoms with Gasteiger partial charge in [-0.1, -0.05) is 25.0 Å². The van der Waals surface area contributed by atoms with Gasteiger partial charge in [-0.15, -0.1) is 11.6 Å². The number of rotatable bonds is 3. The molecule has 0 radical (unpaired) electrons. The molecule has 1 aliphatic carbocycles. The summed E-state index contributed by atoms with van der Waals surface area (Å²) in [6.07, 6.45) is 1.14. The molecule has 4 heteroatoms. The van der Waals surface area contributed by atoms with E-state index in [2.05, 4.69) is 0 Å². The second-order valence-electron chi connectivity index (χ2n) is 4.96. The zero-order valence-corrected chi connectivity index (χ0v) is 10.8. The lowest BCUT2D eigenvalue weighted by atomic mass is 9.97. The summed E-state index contributed by atoms with van der Waals surface area (Å²) in [5.74, 6) is 0.522. The Kier molecular flexibility index (Phi) is 4.21. The summed E-state index contributed by atoms with van der Waals surface area (Å²) in [4.78, 5) is 0. The van der Waals surface area contributed by atoms with Crippen LogP contribution in [0.15, 0.2) is 24.3 Å². The van der Waals surface area contributed by atoms with Crippen molar-refractivity contribution in [2.45, 2.75) is 43.7 Å². The maximum absolute atomic E-state index is 12.4. The standard InChI is InChI=1S/C14H16ClF3/c15-13(11-3-1-2-4-11)9-10-5-7-12(8-6-10)14(16,17)18/h5-8,11,13H,1-4,9H2. The van der Waals surface area contributed by atoms with E-state index in [-0.39, 0.29) is 5.38 Å². The predicted molar refractivity (Wildman–Crippen MR) is 66.7 cm³/mol. The number of hydrogen-bond acceptors (Lipinski definition) is 0.